The van der Waals surface area contributed by atoms with Crippen LogP contribution in [0.15, 0.2) is 12.2 Å². The SMILES string of the molecule is C=C(C)C(=O)SC1(CCC)CCC1. The molecule has 1 aliphatic rings. The quantitative estimate of drug-likeness (QED) is 0.643. The molecule has 1 rings (SSSR count). The van der Waals surface area contributed by atoms with E-state index in [1.165, 1.54) is 43.9 Å². The van der Waals surface area contributed by atoms with Gasteiger partial charge in [0.25, 0.3) is 0 Å². The molecule has 0 radical (unpaired) electrons. The summed E-state index contributed by atoms with van der Waals surface area (Å²) in [4.78, 5) is 11.5. The van der Waals surface area contributed by atoms with Crippen LogP contribution in [0, 0.1) is 0 Å². The van der Waals surface area contributed by atoms with Crippen LogP contribution in [-0.4, -0.2) is 9.86 Å². The summed E-state index contributed by atoms with van der Waals surface area (Å²) in [7, 11) is 0. The lowest BCUT2D eigenvalue weighted by Gasteiger charge is -2.40. The van der Waals surface area contributed by atoms with Gasteiger partial charge in [0, 0.05) is 4.75 Å². The van der Waals surface area contributed by atoms with Crippen LogP contribution in [0.3, 0.4) is 0 Å². The summed E-state index contributed by atoms with van der Waals surface area (Å²) >= 11 is 1.53. The van der Waals surface area contributed by atoms with E-state index in [0.29, 0.717) is 5.57 Å². The Morgan fingerprint density at radius 3 is 2.46 bits per heavy atom. The molecule has 1 aliphatic carbocycles. The third-order valence-electron chi connectivity index (χ3n) is 2.63. The molecule has 1 saturated carbocycles. The van der Waals surface area contributed by atoms with E-state index in [0.717, 1.165) is 0 Å². The first-order valence-electron chi connectivity index (χ1n) is 4.98. The highest BCUT2D eigenvalue weighted by atomic mass is 32.2. The van der Waals surface area contributed by atoms with E-state index in [1.807, 2.05) is 0 Å². The van der Waals surface area contributed by atoms with E-state index in [4.69, 9.17) is 0 Å². The van der Waals surface area contributed by atoms with Crippen molar-refractivity contribution in [2.45, 2.75) is 50.7 Å². The normalized spacial score (nSPS) is 19.2. The average molecular weight is 198 g/mol. The second-order valence-corrected chi connectivity index (χ2v) is 5.40. The standard InChI is InChI=1S/C11H18OS/c1-4-6-11(7-5-8-11)13-10(12)9(2)3/h2,4-8H2,1,3H3. The van der Waals surface area contributed by atoms with Gasteiger partial charge in [0.05, 0.1) is 0 Å². The second kappa shape index (κ2) is 4.32. The second-order valence-electron chi connectivity index (χ2n) is 3.96. The fraction of sp³-hybridized carbons (Fsp3) is 0.727. The third-order valence-corrected chi connectivity index (χ3v) is 4.21. The van der Waals surface area contributed by atoms with Crippen molar-refractivity contribution in [2.24, 2.45) is 0 Å². The Bertz CT molecular complexity index is 216. The molecule has 2 heteroatoms. The van der Waals surface area contributed by atoms with Crippen LogP contribution in [0.2, 0.25) is 0 Å². The van der Waals surface area contributed by atoms with E-state index in [1.54, 1.807) is 6.92 Å². The van der Waals surface area contributed by atoms with Crippen LogP contribution < -0.4 is 0 Å². The molecule has 0 aliphatic heterocycles. The van der Waals surface area contributed by atoms with Gasteiger partial charge in [-0.25, -0.2) is 0 Å². The van der Waals surface area contributed by atoms with Crippen LogP contribution in [0.25, 0.3) is 0 Å². The fourth-order valence-electron chi connectivity index (χ4n) is 1.71. The molecular formula is C11H18OS. The molecule has 0 aromatic carbocycles. The summed E-state index contributed by atoms with van der Waals surface area (Å²) in [5.41, 5.74) is 0.687. The molecule has 1 fully saturated rings. The van der Waals surface area contributed by atoms with Gasteiger partial charge in [-0.05, 0) is 31.8 Å². The highest BCUT2D eigenvalue weighted by Crippen LogP contribution is 2.48. The van der Waals surface area contributed by atoms with Gasteiger partial charge >= 0.3 is 0 Å². The van der Waals surface area contributed by atoms with Crippen molar-refractivity contribution in [2.75, 3.05) is 0 Å². The number of carbonyl (C=O) groups is 1. The highest BCUT2D eigenvalue weighted by Gasteiger charge is 2.38. The molecule has 0 unspecified atom stereocenters. The van der Waals surface area contributed by atoms with Gasteiger partial charge in [0.2, 0.25) is 5.12 Å². The Hall–Kier alpha value is -0.240. The number of rotatable bonds is 4. The summed E-state index contributed by atoms with van der Waals surface area (Å²) < 4.78 is 0.283. The maximum atomic E-state index is 11.5. The summed E-state index contributed by atoms with van der Waals surface area (Å²) in [6.07, 6.45) is 6.07. The third kappa shape index (κ3) is 2.60. The van der Waals surface area contributed by atoms with Gasteiger partial charge in [0.15, 0.2) is 0 Å². The number of carbonyl (C=O) groups excluding carboxylic acids is 1. The maximum Gasteiger partial charge on any atom is 0.214 e. The van der Waals surface area contributed by atoms with Gasteiger partial charge < -0.3 is 0 Å². The minimum atomic E-state index is 0.188. The number of hydrogen-bond acceptors (Lipinski definition) is 2. The van der Waals surface area contributed by atoms with Crippen LogP contribution >= 0.6 is 11.8 Å². The molecule has 0 bridgehead atoms. The molecule has 0 spiro atoms. The first kappa shape index (κ1) is 10.8. The van der Waals surface area contributed by atoms with Gasteiger partial charge in [-0.3, -0.25) is 4.79 Å². The smallest absolute Gasteiger partial charge is 0.214 e. The lowest BCUT2D eigenvalue weighted by molar-refractivity contribution is -0.107. The Labute approximate surface area is 85.0 Å². The van der Waals surface area contributed by atoms with E-state index in [9.17, 15) is 4.79 Å². The Balaban J connectivity index is 2.48. The molecule has 13 heavy (non-hydrogen) atoms. The zero-order valence-electron chi connectivity index (χ0n) is 8.56. The highest BCUT2D eigenvalue weighted by molar-refractivity contribution is 8.15. The first-order valence-corrected chi connectivity index (χ1v) is 5.80. The first-order chi connectivity index (χ1) is 6.09. The summed E-state index contributed by atoms with van der Waals surface area (Å²) in [5.74, 6) is 0. The van der Waals surface area contributed by atoms with Crippen molar-refractivity contribution >= 4 is 16.9 Å². The minimum Gasteiger partial charge on any atom is -0.282 e. The van der Waals surface area contributed by atoms with Gasteiger partial charge in [-0.1, -0.05) is 38.1 Å². The van der Waals surface area contributed by atoms with Crippen molar-refractivity contribution in [3.05, 3.63) is 12.2 Å². The van der Waals surface area contributed by atoms with Crippen molar-refractivity contribution in [3.8, 4) is 0 Å². The Kier molecular flexibility index (Phi) is 3.60. The van der Waals surface area contributed by atoms with Crippen molar-refractivity contribution < 1.29 is 4.79 Å². The molecule has 0 saturated heterocycles. The van der Waals surface area contributed by atoms with Crippen molar-refractivity contribution in [1.82, 2.24) is 0 Å². The maximum absolute atomic E-state index is 11.5. The molecule has 0 heterocycles. The summed E-state index contributed by atoms with van der Waals surface area (Å²) in [5, 5.41) is 0.188. The summed E-state index contributed by atoms with van der Waals surface area (Å²) in [6, 6.07) is 0. The molecule has 0 atom stereocenters. The van der Waals surface area contributed by atoms with Crippen LogP contribution in [0.4, 0.5) is 0 Å². The molecule has 0 aromatic heterocycles. The molecule has 1 nitrogen and oxygen atoms in total. The van der Waals surface area contributed by atoms with Crippen LogP contribution in [0.1, 0.15) is 46.0 Å². The largest absolute Gasteiger partial charge is 0.282 e. The lowest BCUT2D eigenvalue weighted by Crippen LogP contribution is -2.34. The van der Waals surface area contributed by atoms with Crippen LogP contribution in [0.5, 0.6) is 0 Å². The van der Waals surface area contributed by atoms with Crippen LogP contribution in [-0.2, 0) is 4.79 Å². The average Bonchev–Trinajstić information content (AvgIpc) is 2.00. The molecule has 74 valence electrons. The Morgan fingerprint density at radius 1 is 1.54 bits per heavy atom. The monoisotopic (exact) mass is 198 g/mol. The fourth-order valence-corrected chi connectivity index (χ4v) is 3.08. The zero-order chi connectivity index (χ0) is 9.90. The molecule has 0 amide bonds. The Morgan fingerprint density at radius 2 is 2.15 bits per heavy atom. The topological polar surface area (TPSA) is 17.1 Å². The van der Waals surface area contributed by atoms with Crippen molar-refractivity contribution in [3.63, 3.8) is 0 Å². The van der Waals surface area contributed by atoms with Crippen molar-refractivity contribution in [1.29, 1.82) is 0 Å². The minimum absolute atomic E-state index is 0.188. The van der Waals surface area contributed by atoms with E-state index >= 15 is 0 Å². The molecule has 0 aromatic rings. The number of hydrogen-bond donors (Lipinski definition) is 0. The molecule has 0 N–H and O–H groups in total. The molecular weight excluding hydrogens is 180 g/mol. The van der Waals surface area contributed by atoms with Gasteiger partial charge in [0.1, 0.15) is 0 Å². The van der Waals surface area contributed by atoms with Gasteiger partial charge in [-0.2, -0.15) is 0 Å². The van der Waals surface area contributed by atoms with E-state index in [2.05, 4.69) is 13.5 Å². The predicted octanol–water partition coefficient (Wildman–Crippen LogP) is 3.55. The lowest BCUT2D eigenvalue weighted by atomic mass is 9.81. The van der Waals surface area contributed by atoms with Gasteiger partial charge in [-0.15, -0.1) is 0 Å². The van der Waals surface area contributed by atoms with E-state index in [-0.39, 0.29) is 9.86 Å². The van der Waals surface area contributed by atoms with E-state index < -0.39 is 0 Å². The number of thioether (sulfide) groups is 1. The predicted molar refractivity (Wildman–Crippen MR) is 58.9 cm³/mol. The zero-order valence-corrected chi connectivity index (χ0v) is 9.38. The summed E-state index contributed by atoms with van der Waals surface area (Å²) in [6.45, 7) is 7.67.